The van der Waals surface area contributed by atoms with Crippen LogP contribution in [-0.4, -0.2) is 6.04 Å². The maximum atomic E-state index is 13.1. The summed E-state index contributed by atoms with van der Waals surface area (Å²) in [5.74, 6) is -1.28. The van der Waals surface area contributed by atoms with Gasteiger partial charge in [0.2, 0.25) is 0 Å². The minimum Gasteiger partial charge on any atom is -0.483 e. The highest BCUT2D eigenvalue weighted by atomic mass is 35.5. The highest BCUT2D eigenvalue weighted by molar-refractivity contribution is 7.16. The zero-order chi connectivity index (χ0) is 14.0. The molecule has 0 aliphatic carbocycles. The van der Waals surface area contributed by atoms with Crippen LogP contribution in [0.1, 0.15) is 17.9 Å². The molecule has 0 fully saturated rings. The average Bonchev–Trinajstić information content (AvgIpc) is 2.70. The SMILES string of the molecule is CC(N)C(Oc1cc(F)cc(F)c1)c1ccc(Cl)s1. The van der Waals surface area contributed by atoms with Crippen LogP contribution in [0.5, 0.6) is 5.75 Å². The lowest BCUT2D eigenvalue weighted by atomic mass is 10.1. The second-order valence-corrected chi connectivity index (χ2v) is 5.89. The third-order valence-corrected chi connectivity index (χ3v) is 3.74. The van der Waals surface area contributed by atoms with Crippen molar-refractivity contribution in [3.63, 3.8) is 0 Å². The van der Waals surface area contributed by atoms with Crippen molar-refractivity contribution >= 4 is 22.9 Å². The first kappa shape index (κ1) is 14.2. The lowest BCUT2D eigenvalue weighted by molar-refractivity contribution is 0.182. The first-order valence-corrected chi connectivity index (χ1v) is 6.78. The Morgan fingerprint density at radius 2 is 1.84 bits per heavy atom. The van der Waals surface area contributed by atoms with Crippen LogP contribution in [0.2, 0.25) is 4.34 Å². The third-order valence-electron chi connectivity index (χ3n) is 2.45. The van der Waals surface area contributed by atoms with Crippen molar-refractivity contribution < 1.29 is 13.5 Å². The summed E-state index contributed by atoms with van der Waals surface area (Å²) >= 11 is 7.19. The molecule has 0 radical (unpaired) electrons. The summed E-state index contributed by atoms with van der Waals surface area (Å²) in [7, 11) is 0. The maximum Gasteiger partial charge on any atom is 0.148 e. The van der Waals surface area contributed by atoms with Crippen molar-refractivity contribution in [2.45, 2.75) is 19.1 Å². The molecule has 2 aromatic rings. The van der Waals surface area contributed by atoms with Crippen molar-refractivity contribution in [2.75, 3.05) is 0 Å². The number of halogens is 3. The minimum atomic E-state index is -0.692. The van der Waals surface area contributed by atoms with Gasteiger partial charge in [-0.15, -0.1) is 11.3 Å². The predicted molar refractivity (Wildman–Crippen MR) is 72.7 cm³/mol. The molecule has 0 aliphatic heterocycles. The molecule has 102 valence electrons. The average molecular weight is 304 g/mol. The Morgan fingerprint density at radius 1 is 1.21 bits per heavy atom. The second-order valence-electron chi connectivity index (χ2n) is 4.14. The van der Waals surface area contributed by atoms with E-state index in [1.165, 1.54) is 11.3 Å². The lowest BCUT2D eigenvalue weighted by Crippen LogP contribution is -2.28. The molecule has 1 heterocycles. The second kappa shape index (κ2) is 5.86. The van der Waals surface area contributed by atoms with Crippen LogP contribution in [0.4, 0.5) is 8.78 Å². The molecule has 0 saturated heterocycles. The first-order chi connectivity index (χ1) is 8.95. The molecule has 0 saturated carbocycles. The summed E-state index contributed by atoms with van der Waals surface area (Å²) in [6.45, 7) is 1.76. The Labute approximate surface area is 118 Å². The van der Waals surface area contributed by atoms with Crippen molar-refractivity contribution in [1.29, 1.82) is 0 Å². The van der Waals surface area contributed by atoms with E-state index in [0.717, 1.165) is 23.1 Å². The van der Waals surface area contributed by atoms with E-state index in [2.05, 4.69) is 0 Å². The highest BCUT2D eigenvalue weighted by Gasteiger charge is 2.20. The molecular weight excluding hydrogens is 292 g/mol. The number of thiophene rings is 1. The Hall–Kier alpha value is -1.17. The van der Waals surface area contributed by atoms with E-state index in [4.69, 9.17) is 22.1 Å². The molecule has 6 heteroatoms. The standard InChI is InChI=1S/C13H12ClF2NOS/c1-7(17)13(11-2-3-12(14)19-11)18-10-5-8(15)4-9(16)6-10/h2-7,13H,17H2,1H3. The summed E-state index contributed by atoms with van der Waals surface area (Å²) in [5, 5.41) is 0. The number of ether oxygens (including phenoxy) is 1. The van der Waals surface area contributed by atoms with Crippen molar-refractivity contribution in [2.24, 2.45) is 5.73 Å². The molecule has 2 atom stereocenters. The molecule has 19 heavy (non-hydrogen) atoms. The van der Waals surface area contributed by atoms with Gasteiger partial charge in [-0.3, -0.25) is 0 Å². The molecule has 2 unspecified atom stereocenters. The van der Waals surface area contributed by atoms with Gasteiger partial charge in [-0.05, 0) is 19.1 Å². The molecule has 0 bridgehead atoms. The van der Waals surface area contributed by atoms with Crippen LogP contribution in [0.25, 0.3) is 0 Å². The van der Waals surface area contributed by atoms with Crippen LogP contribution >= 0.6 is 22.9 Å². The topological polar surface area (TPSA) is 35.2 Å². The minimum absolute atomic E-state index is 0.101. The largest absolute Gasteiger partial charge is 0.483 e. The van der Waals surface area contributed by atoms with Gasteiger partial charge in [0.15, 0.2) is 0 Å². The molecule has 2 rings (SSSR count). The molecule has 1 aromatic carbocycles. The van der Waals surface area contributed by atoms with Crippen LogP contribution in [0.3, 0.4) is 0 Å². The Bertz CT molecular complexity index is 553. The van der Waals surface area contributed by atoms with Gasteiger partial charge in [0, 0.05) is 29.1 Å². The van der Waals surface area contributed by atoms with E-state index in [-0.39, 0.29) is 11.8 Å². The van der Waals surface area contributed by atoms with Gasteiger partial charge in [-0.2, -0.15) is 0 Å². The van der Waals surface area contributed by atoms with E-state index in [1.807, 2.05) is 0 Å². The van der Waals surface area contributed by atoms with Crippen molar-refractivity contribution in [3.8, 4) is 5.75 Å². The van der Waals surface area contributed by atoms with Crippen molar-refractivity contribution in [3.05, 3.63) is 51.2 Å². The Morgan fingerprint density at radius 3 is 2.32 bits per heavy atom. The lowest BCUT2D eigenvalue weighted by Gasteiger charge is -2.21. The van der Waals surface area contributed by atoms with Crippen LogP contribution in [-0.2, 0) is 0 Å². The molecule has 0 amide bonds. The Kier molecular flexibility index (Phi) is 4.39. The number of benzene rings is 1. The quantitative estimate of drug-likeness (QED) is 0.921. The van der Waals surface area contributed by atoms with Gasteiger partial charge in [-0.25, -0.2) is 8.78 Å². The molecule has 2 N–H and O–H groups in total. The van der Waals surface area contributed by atoms with Gasteiger partial charge in [-0.1, -0.05) is 11.6 Å². The number of hydrogen-bond acceptors (Lipinski definition) is 3. The van der Waals surface area contributed by atoms with E-state index < -0.39 is 17.7 Å². The number of rotatable bonds is 4. The summed E-state index contributed by atoms with van der Waals surface area (Å²) in [6.07, 6.45) is -0.501. The molecule has 0 aliphatic rings. The summed E-state index contributed by atoms with van der Waals surface area (Å²) in [4.78, 5) is 0.810. The predicted octanol–water partition coefficient (Wildman–Crippen LogP) is 4.15. The maximum absolute atomic E-state index is 13.1. The summed E-state index contributed by atoms with van der Waals surface area (Å²) < 4.78 is 32.4. The van der Waals surface area contributed by atoms with Gasteiger partial charge in [0.1, 0.15) is 23.5 Å². The monoisotopic (exact) mass is 303 g/mol. The van der Waals surface area contributed by atoms with E-state index in [1.54, 1.807) is 19.1 Å². The highest BCUT2D eigenvalue weighted by Crippen LogP contribution is 2.32. The number of hydrogen-bond donors (Lipinski definition) is 1. The van der Waals surface area contributed by atoms with E-state index in [0.29, 0.717) is 4.34 Å². The fourth-order valence-electron chi connectivity index (χ4n) is 1.65. The summed E-state index contributed by atoms with van der Waals surface area (Å²) in [5.41, 5.74) is 5.85. The third kappa shape index (κ3) is 3.65. The zero-order valence-corrected chi connectivity index (χ0v) is 11.6. The number of nitrogens with two attached hydrogens (primary N) is 1. The molecule has 0 spiro atoms. The fraction of sp³-hybridized carbons (Fsp3) is 0.231. The fourth-order valence-corrected chi connectivity index (χ4v) is 2.86. The molecule has 1 aromatic heterocycles. The zero-order valence-electron chi connectivity index (χ0n) is 10.1. The van der Waals surface area contributed by atoms with Crippen LogP contribution < -0.4 is 10.5 Å². The van der Waals surface area contributed by atoms with E-state index in [9.17, 15) is 8.78 Å². The van der Waals surface area contributed by atoms with Gasteiger partial charge >= 0.3 is 0 Å². The van der Waals surface area contributed by atoms with Gasteiger partial charge < -0.3 is 10.5 Å². The van der Waals surface area contributed by atoms with E-state index >= 15 is 0 Å². The first-order valence-electron chi connectivity index (χ1n) is 5.59. The smallest absolute Gasteiger partial charge is 0.148 e. The van der Waals surface area contributed by atoms with Crippen LogP contribution in [0.15, 0.2) is 30.3 Å². The molecular formula is C13H12ClF2NOS. The molecule has 2 nitrogen and oxygen atoms in total. The van der Waals surface area contributed by atoms with Crippen molar-refractivity contribution in [1.82, 2.24) is 0 Å². The Balaban J connectivity index is 2.26. The summed E-state index contributed by atoms with van der Waals surface area (Å²) in [6, 6.07) is 6.20. The van der Waals surface area contributed by atoms with Gasteiger partial charge in [0.05, 0.1) is 4.34 Å². The van der Waals surface area contributed by atoms with Gasteiger partial charge in [0.25, 0.3) is 0 Å². The normalized spacial score (nSPS) is 14.2. The van der Waals surface area contributed by atoms with Crippen LogP contribution in [0, 0.1) is 11.6 Å².